The molecular formula is C26H28N4O3. The van der Waals surface area contributed by atoms with E-state index in [0.717, 1.165) is 28.8 Å². The van der Waals surface area contributed by atoms with E-state index in [4.69, 9.17) is 9.47 Å². The van der Waals surface area contributed by atoms with Gasteiger partial charge < -0.3 is 19.4 Å². The van der Waals surface area contributed by atoms with Crippen molar-refractivity contribution in [2.45, 2.75) is 25.3 Å². The fourth-order valence-corrected chi connectivity index (χ4v) is 4.96. The number of fused-ring (bicyclic) bond motifs is 3. The fourth-order valence-electron chi connectivity index (χ4n) is 4.96. The van der Waals surface area contributed by atoms with Crippen LogP contribution < -0.4 is 9.47 Å². The van der Waals surface area contributed by atoms with E-state index in [1.165, 1.54) is 10.9 Å². The van der Waals surface area contributed by atoms with Gasteiger partial charge in [-0.1, -0.05) is 30.3 Å². The van der Waals surface area contributed by atoms with Gasteiger partial charge in [0.1, 0.15) is 6.04 Å². The molecule has 5 rings (SSSR count). The zero-order valence-corrected chi connectivity index (χ0v) is 19.2. The molecule has 0 saturated carbocycles. The van der Waals surface area contributed by atoms with Crippen LogP contribution in [0, 0.1) is 0 Å². The zero-order valence-electron chi connectivity index (χ0n) is 19.2. The highest BCUT2D eigenvalue weighted by molar-refractivity contribution is 5.87. The summed E-state index contributed by atoms with van der Waals surface area (Å²) < 4.78 is 13.1. The quantitative estimate of drug-likeness (QED) is 0.488. The summed E-state index contributed by atoms with van der Waals surface area (Å²) in [5, 5.41) is 5.43. The Morgan fingerprint density at radius 2 is 2.00 bits per heavy atom. The summed E-state index contributed by atoms with van der Waals surface area (Å²) in [7, 11) is 5.16. The van der Waals surface area contributed by atoms with Crippen molar-refractivity contribution in [3.05, 3.63) is 77.2 Å². The number of hydrogen-bond donors (Lipinski definition) is 1. The summed E-state index contributed by atoms with van der Waals surface area (Å²) in [6.07, 6.45) is 5.67. The largest absolute Gasteiger partial charge is 0.493 e. The molecule has 3 heterocycles. The number of rotatable bonds is 6. The minimum Gasteiger partial charge on any atom is -0.493 e. The normalized spacial score (nSPS) is 15.5. The van der Waals surface area contributed by atoms with Crippen LogP contribution in [0.4, 0.5) is 0 Å². The lowest BCUT2D eigenvalue weighted by molar-refractivity contribution is -0.133. The average Bonchev–Trinajstić information content (AvgIpc) is 3.44. The summed E-state index contributed by atoms with van der Waals surface area (Å²) >= 11 is 0. The molecule has 170 valence electrons. The SMILES string of the molecule is COc1cccc([C@@H]2c3[nH]c4ccccc4c3CCN2C(=O)CCc2cnn(C)c2)c1OC. The lowest BCUT2D eigenvalue weighted by Crippen LogP contribution is -2.40. The highest BCUT2D eigenvalue weighted by Crippen LogP contribution is 2.44. The summed E-state index contributed by atoms with van der Waals surface area (Å²) in [4.78, 5) is 19.1. The molecule has 1 atom stereocenters. The lowest BCUT2D eigenvalue weighted by atomic mass is 9.91. The summed E-state index contributed by atoms with van der Waals surface area (Å²) in [5.41, 5.74) is 5.36. The first-order chi connectivity index (χ1) is 16.1. The maximum atomic E-state index is 13.6. The van der Waals surface area contributed by atoms with Crippen molar-refractivity contribution >= 4 is 16.8 Å². The maximum absolute atomic E-state index is 13.6. The third-order valence-electron chi connectivity index (χ3n) is 6.47. The number of amides is 1. The highest BCUT2D eigenvalue weighted by Gasteiger charge is 2.36. The van der Waals surface area contributed by atoms with E-state index in [2.05, 4.69) is 28.3 Å². The Balaban J connectivity index is 1.58. The molecule has 4 aromatic rings. The molecule has 1 aliphatic heterocycles. The maximum Gasteiger partial charge on any atom is 0.223 e. The van der Waals surface area contributed by atoms with E-state index in [-0.39, 0.29) is 11.9 Å². The second-order valence-electron chi connectivity index (χ2n) is 8.41. The van der Waals surface area contributed by atoms with Crippen molar-refractivity contribution in [2.24, 2.45) is 7.05 Å². The van der Waals surface area contributed by atoms with Gasteiger partial charge >= 0.3 is 0 Å². The first kappa shape index (κ1) is 21.1. The van der Waals surface area contributed by atoms with Crippen LogP contribution in [0.2, 0.25) is 0 Å². The molecule has 0 spiro atoms. The van der Waals surface area contributed by atoms with Crippen LogP contribution in [0.3, 0.4) is 0 Å². The van der Waals surface area contributed by atoms with Gasteiger partial charge in [-0.3, -0.25) is 9.48 Å². The number of methoxy groups -OCH3 is 2. The number of aromatic amines is 1. The van der Waals surface area contributed by atoms with E-state index in [9.17, 15) is 4.79 Å². The number of carbonyl (C=O) groups is 1. The molecule has 0 bridgehead atoms. The van der Waals surface area contributed by atoms with Crippen molar-refractivity contribution < 1.29 is 14.3 Å². The van der Waals surface area contributed by atoms with Gasteiger partial charge in [0, 0.05) is 48.4 Å². The van der Waals surface area contributed by atoms with Crippen LogP contribution in [0.1, 0.15) is 34.8 Å². The number of hydrogen-bond acceptors (Lipinski definition) is 4. The third-order valence-corrected chi connectivity index (χ3v) is 6.47. The van der Waals surface area contributed by atoms with Gasteiger partial charge in [-0.2, -0.15) is 5.10 Å². The Bertz CT molecular complexity index is 1310. The van der Waals surface area contributed by atoms with Crippen LogP contribution in [0.25, 0.3) is 10.9 Å². The van der Waals surface area contributed by atoms with Crippen LogP contribution in [-0.4, -0.2) is 46.3 Å². The molecule has 0 unspecified atom stereocenters. The standard InChI is InChI=1S/C26H28N4O3/c1-29-16-17(15-27-29)11-12-23(31)30-14-13-19-18-7-4-5-9-21(18)28-24(19)25(30)20-8-6-10-22(32-2)26(20)33-3/h4-10,15-16,25,28H,11-14H2,1-3H3/t25-/m1/s1. The van der Waals surface area contributed by atoms with E-state index >= 15 is 0 Å². The topological polar surface area (TPSA) is 72.4 Å². The van der Waals surface area contributed by atoms with Crippen molar-refractivity contribution in [2.75, 3.05) is 20.8 Å². The third kappa shape index (κ3) is 3.73. The van der Waals surface area contributed by atoms with E-state index in [1.807, 2.05) is 48.6 Å². The number of nitrogens with zero attached hydrogens (tertiary/aromatic N) is 3. The second-order valence-corrected chi connectivity index (χ2v) is 8.41. The van der Waals surface area contributed by atoms with Crippen LogP contribution in [0.5, 0.6) is 11.5 Å². The molecule has 7 nitrogen and oxygen atoms in total. The minimum atomic E-state index is -0.285. The highest BCUT2D eigenvalue weighted by atomic mass is 16.5. The molecule has 33 heavy (non-hydrogen) atoms. The molecular weight excluding hydrogens is 416 g/mol. The van der Waals surface area contributed by atoms with E-state index in [0.29, 0.717) is 30.9 Å². The minimum absolute atomic E-state index is 0.109. The molecule has 0 radical (unpaired) electrons. The summed E-state index contributed by atoms with van der Waals surface area (Å²) in [6.45, 7) is 0.645. The van der Waals surface area contributed by atoms with Crippen molar-refractivity contribution in [3.63, 3.8) is 0 Å². The average molecular weight is 445 g/mol. The van der Waals surface area contributed by atoms with Gasteiger partial charge in [0.15, 0.2) is 11.5 Å². The Morgan fingerprint density at radius 3 is 2.76 bits per heavy atom. The first-order valence-electron chi connectivity index (χ1n) is 11.2. The van der Waals surface area contributed by atoms with Gasteiger partial charge in [0.2, 0.25) is 5.91 Å². The van der Waals surface area contributed by atoms with Gasteiger partial charge in [0.05, 0.1) is 20.4 Å². The van der Waals surface area contributed by atoms with Crippen molar-refractivity contribution in [1.82, 2.24) is 19.7 Å². The number of ether oxygens (including phenoxy) is 2. The Kier molecular flexibility index (Phi) is 5.54. The number of H-pyrrole nitrogens is 1. The number of aromatic nitrogens is 3. The predicted molar refractivity (Wildman–Crippen MR) is 127 cm³/mol. The summed E-state index contributed by atoms with van der Waals surface area (Å²) in [5.74, 6) is 1.42. The predicted octanol–water partition coefficient (Wildman–Crippen LogP) is 4.03. The van der Waals surface area contributed by atoms with E-state index < -0.39 is 0 Å². The Labute approximate surface area is 192 Å². The van der Waals surface area contributed by atoms with Gasteiger partial charge in [0.25, 0.3) is 0 Å². The first-order valence-corrected chi connectivity index (χ1v) is 11.2. The Morgan fingerprint density at radius 1 is 1.15 bits per heavy atom. The molecule has 2 aromatic heterocycles. The fraction of sp³-hybridized carbons (Fsp3) is 0.308. The molecule has 1 aliphatic rings. The lowest BCUT2D eigenvalue weighted by Gasteiger charge is -2.37. The van der Waals surface area contributed by atoms with Crippen molar-refractivity contribution in [1.29, 1.82) is 0 Å². The molecule has 0 aliphatic carbocycles. The van der Waals surface area contributed by atoms with Gasteiger partial charge in [-0.25, -0.2) is 0 Å². The molecule has 7 heteroatoms. The van der Waals surface area contributed by atoms with Crippen LogP contribution >= 0.6 is 0 Å². The van der Waals surface area contributed by atoms with Crippen LogP contribution in [0.15, 0.2) is 54.9 Å². The molecule has 1 N–H and O–H groups in total. The molecule has 1 amide bonds. The molecule has 0 saturated heterocycles. The van der Waals surface area contributed by atoms with Crippen LogP contribution in [-0.2, 0) is 24.7 Å². The van der Waals surface area contributed by atoms with E-state index in [1.54, 1.807) is 18.9 Å². The van der Waals surface area contributed by atoms with Gasteiger partial charge in [-0.15, -0.1) is 0 Å². The Hall–Kier alpha value is -3.74. The number of aryl methyl sites for hydroxylation is 2. The number of para-hydroxylation sites is 2. The van der Waals surface area contributed by atoms with Gasteiger partial charge in [-0.05, 0) is 36.1 Å². The zero-order chi connectivity index (χ0) is 22.9. The number of nitrogens with one attached hydrogen (secondary N) is 1. The second kappa shape index (κ2) is 8.65. The smallest absolute Gasteiger partial charge is 0.223 e. The molecule has 2 aromatic carbocycles. The van der Waals surface area contributed by atoms with Crippen molar-refractivity contribution in [3.8, 4) is 11.5 Å². The number of benzene rings is 2. The molecule has 0 fully saturated rings. The number of carbonyl (C=O) groups excluding carboxylic acids is 1. The monoisotopic (exact) mass is 444 g/mol. The summed E-state index contributed by atoms with van der Waals surface area (Å²) in [6, 6.07) is 13.9.